The Balaban J connectivity index is 2.27. The van der Waals surface area contributed by atoms with Crippen LogP contribution in [0.15, 0.2) is 35.2 Å². The summed E-state index contributed by atoms with van der Waals surface area (Å²) in [5.41, 5.74) is 0.335. The first kappa shape index (κ1) is 13.1. The SMILES string of the molecule is N#Cc1ccc(S(=O)(=O)NC2CC=CC2)c(Cl)c1. The van der Waals surface area contributed by atoms with Crippen molar-refractivity contribution in [3.8, 4) is 6.07 Å². The second-order valence-corrected chi connectivity index (χ2v) is 6.11. The van der Waals surface area contributed by atoms with Crippen molar-refractivity contribution in [1.29, 1.82) is 5.26 Å². The number of rotatable bonds is 3. The van der Waals surface area contributed by atoms with Gasteiger partial charge in [0.1, 0.15) is 4.90 Å². The van der Waals surface area contributed by atoms with Gasteiger partial charge < -0.3 is 0 Å². The van der Waals surface area contributed by atoms with E-state index in [9.17, 15) is 8.42 Å². The second kappa shape index (κ2) is 5.11. The van der Waals surface area contributed by atoms with Gasteiger partial charge in [-0.3, -0.25) is 0 Å². The maximum Gasteiger partial charge on any atom is 0.242 e. The van der Waals surface area contributed by atoms with Crippen molar-refractivity contribution >= 4 is 21.6 Å². The van der Waals surface area contributed by atoms with Gasteiger partial charge in [0.25, 0.3) is 0 Å². The molecule has 94 valence electrons. The number of benzene rings is 1. The normalized spacial score (nSPS) is 15.8. The Hall–Kier alpha value is -1.35. The van der Waals surface area contributed by atoms with Crippen molar-refractivity contribution in [2.45, 2.75) is 23.8 Å². The van der Waals surface area contributed by atoms with E-state index in [2.05, 4.69) is 4.72 Å². The van der Waals surface area contributed by atoms with Crippen molar-refractivity contribution in [3.05, 3.63) is 40.9 Å². The molecule has 1 aromatic rings. The van der Waals surface area contributed by atoms with E-state index in [1.165, 1.54) is 18.2 Å². The zero-order valence-corrected chi connectivity index (χ0v) is 11.0. The van der Waals surface area contributed by atoms with Crippen LogP contribution in [0.2, 0.25) is 5.02 Å². The first-order valence-electron chi connectivity index (χ1n) is 5.40. The number of nitrogens with one attached hydrogen (secondary N) is 1. The Morgan fingerprint density at radius 3 is 2.56 bits per heavy atom. The third-order valence-electron chi connectivity index (χ3n) is 2.68. The molecule has 0 unspecified atom stereocenters. The summed E-state index contributed by atoms with van der Waals surface area (Å²) in [6.45, 7) is 0. The lowest BCUT2D eigenvalue weighted by molar-refractivity contribution is 0.557. The Kier molecular flexibility index (Phi) is 3.71. The van der Waals surface area contributed by atoms with Crippen LogP contribution in [0.25, 0.3) is 0 Å². The quantitative estimate of drug-likeness (QED) is 0.864. The van der Waals surface area contributed by atoms with Crippen molar-refractivity contribution < 1.29 is 8.42 Å². The minimum Gasteiger partial charge on any atom is -0.207 e. The summed E-state index contributed by atoms with van der Waals surface area (Å²) in [4.78, 5) is 0.00932. The zero-order chi connectivity index (χ0) is 13.2. The van der Waals surface area contributed by atoms with Gasteiger partial charge in [-0.1, -0.05) is 23.8 Å². The smallest absolute Gasteiger partial charge is 0.207 e. The van der Waals surface area contributed by atoms with Crippen molar-refractivity contribution in [3.63, 3.8) is 0 Å². The predicted molar refractivity (Wildman–Crippen MR) is 68.7 cm³/mol. The lowest BCUT2D eigenvalue weighted by Gasteiger charge is -2.13. The van der Waals surface area contributed by atoms with Gasteiger partial charge in [0, 0.05) is 6.04 Å². The van der Waals surface area contributed by atoms with Crippen LogP contribution in [-0.4, -0.2) is 14.5 Å². The Morgan fingerprint density at radius 2 is 2.00 bits per heavy atom. The van der Waals surface area contributed by atoms with Crippen LogP contribution in [0.4, 0.5) is 0 Å². The summed E-state index contributed by atoms with van der Waals surface area (Å²) in [6.07, 6.45) is 5.25. The molecule has 1 aliphatic rings. The molecule has 0 saturated carbocycles. The lowest BCUT2D eigenvalue weighted by Crippen LogP contribution is -2.33. The molecule has 2 rings (SSSR count). The molecule has 6 heteroatoms. The summed E-state index contributed by atoms with van der Waals surface area (Å²) in [5.74, 6) is 0. The fourth-order valence-corrected chi connectivity index (χ4v) is 3.59. The first-order chi connectivity index (χ1) is 8.53. The zero-order valence-electron chi connectivity index (χ0n) is 9.43. The molecule has 0 bridgehead atoms. The summed E-state index contributed by atoms with van der Waals surface area (Å²) in [5, 5.41) is 8.77. The summed E-state index contributed by atoms with van der Waals surface area (Å²) in [6, 6.07) is 5.94. The number of hydrogen-bond donors (Lipinski definition) is 1. The van der Waals surface area contributed by atoms with Crippen LogP contribution >= 0.6 is 11.6 Å². The van der Waals surface area contributed by atoms with Crippen LogP contribution < -0.4 is 4.72 Å². The molecule has 4 nitrogen and oxygen atoms in total. The third kappa shape index (κ3) is 2.72. The highest BCUT2D eigenvalue weighted by Gasteiger charge is 2.22. The average Bonchev–Trinajstić information content (AvgIpc) is 2.80. The minimum absolute atomic E-state index is 0.00932. The molecule has 1 aliphatic carbocycles. The third-order valence-corrected chi connectivity index (χ3v) is 4.68. The molecule has 0 spiro atoms. The Bertz CT molecular complexity index is 624. The van der Waals surface area contributed by atoms with E-state index < -0.39 is 10.0 Å². The van der Waals surface area contributed by atoms with E-state index >= 15 is 0 Å². The van der Waals surface area contributed by atoms with Crippen LogP contribution in [-0.2, 0) is 10.0 Å². The molecule has 0 aliphatic heterocycles. The Morgan fingerprint density at radius 1 is 1.33 bits per heavy atom. The molecule has 0 atom stereocenters. The van der Waals surface area contributed by atoms with E-state index in [-0.39, 0.29) is 16.0 Å². The highest BCUT2D eigenvalue weighted by molar-refractivity contribution is 7.89. The highest BCUT2D eigenvalue weighted by Crippen LogP contribution is 2.23. The average molecular weight is 283 g/mol. The minimum atomic E-state index is -3.63. The van der Waals surface area contributed by atoms with E-state index in [1.807, 2.05) is 18.2 Å². The topological polar surface area (TPSA) is 70.0 Å². The van der Waals surface area contributed by atoms with Gasteiger partial charge in [-0.15, -0.1) is 0 Å². The summed E-state index contributed by atoms with van der Waals surface area (Å²) < 4.78 is 26.8. The second-order valence-electron chi connectivity index (χ2n) is 4.02. The molecule has 1 N–H and O–H groups in total. The largest absolute Gasteiger partial charge is 0.242 e. The maximum absolute atomic E-state index is 12.1. The molecule has 0 radical (unpaired) electrons. The predicted octanol–water partition coefficient (Wildman–Crippen LogP) is 2.21. The van der Waals surface area contributed by atoms with Gasteiger partial charge in [-0.05, 0) is 31.0 Å². The van der Waals surface area contributed by atoms with E-state index in [4.69, 9.17) is 16.9 Å². The highest BCUT2D eigenvalue weighted by atomic mass is 35.5. The van der Waals surface area contributed by atoms with Crippen LogP contribution in [0.3, 0.4) is 0 Å². The summed E-state index contributed by atoms with van der Waals surface area (Å²) in [7, 11) is -3.63. The first-order valence-corrected chi connectivity index (χ1v) is 7.26. The van der Waals surface area contributed by atoms with Gasteiger partial charge >= 0.3 is 0 Å². The lowest BCUT2D eigenvalue weighted by atomic mass is 10.2. The monoisotopic (exact) mass is 282 g/mol. The molecule has 0 aromatic heterocycles. The number of nitrogens with zero attached hydrogens (tertiary/aromatic N) is 1. The van der Waals surface area contributed by atoms with E-state index in [0.717, 1.165) is 0 Å². The maximum atomic E-state index is 12.1. The fraction of sp³-hybridized carbons (Fsp3) is 0.250. The molecular formula is C12H11ClN2O2S. The van der Waals surface area contributed by atoms with Crippen LogP contribution in [0.1, 0.15) is 18.4 Å². The standard InChI is InChI=1S/C12H11ClN2O2S/c13-11-7-9(8-14)5-6-12(11)18(16,17)15-10-3-1-2-4-10/h1-2,5-7,10,15H,3-4H2. The molecular weight excluding hydrogens is 272 g/mol. The molecule has 1 aromatic carbocycles. The molecule has 0 fully saturated rings. The Labute approximate surface area is 111 Å². The van der Waals surface area contributed by atoms with Crippen LogP contribution in [0, 0.1) is 11.3 Å². The molecule has 0 heterocycles. The van der Waals surface area contributed by atoms with Crippen molar-refractivity contribution in [1.82, 2.24) is 4.72 Å². The van der Waals surface area contributed by atoms with Gasteiger partial charge in [-0.25, -0.2) is 13.1 Å². The number of hydrogen-bond acceptors (Lipinski definition) is 3. The molecule has 18 heavy (non-hydrogen) atoms. The van der Waals surface area contributed by atoms with Gasteiger partial charge in [-0.2, -0.15) is 5.26 Å². The van der Waals surface area contributed by atoms with Crippen molar-refractivity contribution in [2.75, 3.05) is 0 Å². The van der Waals surface area contributed by atoms with Crippen molar-refractivity contribution in [2.24, 2.45) is 0 Å². The molecule has 0 saturated heterocycles. The van der Waals surface area contributed by atoms with Crippen LogP contribution in [0.5, 0.6) is 0 Å². The molecule has 0 amide bonds. The number of halogens is 1. The number of sulfonamides is 1. The van der Waals surface area contributed by atoms with E-state index in [0.29, 0.717) is 18.4 Å². The van der Waals surface area contributed by atoms with Gasteiger partial charge in [0.05, 0.1) is 16.7 Å². The number of nitriles is 1. The van der Waals surface area contributed by atoms with Gasteiger partial charge in [0.15, 0.2) is 0 Å². The van der Waals surface area contributed by atoms with E-state index in [1.54, 1.807) is 0 Å². The summed E-state index contributed by atoms with van der Waals surface area (Å²) >= 11 is 5.89. The fourth-order valence-electron chi connectivity index (χ4n) is 1.78. The van der Waals surface area contributed by atoms with Gasteiger partial charge in [0.2, 0.25) is 10.0 Å².